The number of nitrogens with one attached hydrogen (secondary N) is 2. The van der Waals surface area contributed by atoms with Gasteiger partial charge in [0, 0.05) is 29.5 Å². The van der Waals surface area contributed by atoms with Crippen LogP contribution in [0.25, 0.3) is 0 Å². The summed E-state index contributed by atoms with van der Waals surface area (Å²) in [5.41, 5.74) is 1.16. The highest BCUT2D eigenvalue weighted by Crippen LogP contribution is 2.26. The minimum Gasteiger partial charge on any atom is -0.496 e. The van der Waals surface area contributed by atoms with E-state index in [1.165, 1.54) is 11.8 Å². The lowest BCUT2D eigenvalue weighted by atomic mass is 10.1. The first-order chi connectivity index (χ1) is 13.0. The number of hydrogen-bond acceptors (Lipinski definition) is 5. The van der Waals surface area contributed by atoms with Crippen LogP contribution in [0.2, 0.25) is 0 Å². The van der Waals surface area contributed by atoms with Crippen LogP contribution < -0.4 is 10.6 Å². The molecule has 1 aliphatic heterocycles. The Morgan fingerprint density at radius 2 is 1.96 bits per heavy atom. The molecule has 0 fully saturated rings. The number of carbonyl (C=O) groups is 2. The van der Waals surface area contributed by atoms with Crippen LogP contribution in [0.3, 0.4) is 0 Å². The van der Waals surface area contributed by atoms with Gasteiger partial charge in [0.2, 0.25) is 0 Å². The van der Waals surface area contributed by atoms with Gasteiger partial charge in [0.25, 0.3) is 11.8 Å². The highest BCUT2D eigenvalue weighted by atomic mass is 32.2. The van der Waals surface area contributed by atoms with E-state index in [0.717, 1.165) is 11.5 Å². The van der Waals surface area contributed by atoms with Crippen LogP contribution in [-0.4, -0.2) is 30.2 Å². The molecule has 7 heteroatoms. The average Bonchev–Trinajstić information content (AvgIpc) is 3.15. The van der Waals surface area contributed by atoms with Crippen molar-refractivity contribution >= 4 is 29.3 Å². The first-order valence-corrected chi connectivity index (χ1v) is 9.72. The Morgan fingerprint density at radius 3 is 2.63 bits per heavy atom. The Kier molecular flexibility index (Phi) is 6.24. The molecule has 2 amide bonds. The van der Waals surface area contributed by atoms with Gasteiger partial charge in [-0.2, -0.15) is 0 Å². The molecule has 6 nitrogen and oxygen atoms in total. The predicted octanol–water partition coefficient (Wildman–Crippen LogP) is 3.57. The van der Waals surface area contributed by atoms with Gasteiger partial charge >= 0.3 is 0 Å². The third-order valence-corrected chi connectivity index (χ3v) is 5.18. The summed E-state index contributed by atoms with van der Waals surface area (Å²) in [6.45, 7) is 4.34. The minimum absolute atomic E-state index is 0.0544. The van der Waals surface area contributed by atoms with Crippen molar-refractivity contribution in [2.24, 2.45) is 0 Å². The minimum atomic E-state index is -0.193. The zero-order chi connectivity index (χ0) is 19.2. The number of amides is 2. The Balaban J connectivity index is 1.56. The monoisotopic (exact) mass is 386 g/mol. The summed E-state index contributed by atoms with van der Waals surface area (Å²) in [5, 5.41) is 5.78. The Morgan fingerprint density at radius 1 is 1.19 bits per heavy atom. The van der Waals surface area contributed by atoms with Crippen LogP contribution in [-0.2, 0) is 16.0 Å². The maximum atomic E-state index is 12.4. The molecule has 2 N–H and O–H groups in total. The molecule has 2 aromatic rings. The van der Waals surface area contributed by atoms with Crippen LogP contribution in [0.15, 0.2) is 57.7 Å². The van der Waals surface area contributed by atoms with Crippen molar-refractivity contribution in [1.29, 1.82) is 0 Å². The van der Waals surface area contributed by atoms with Gasteiger partial charge in [-0.1, -0.05) is 0 Å². The summed E-state index contributed by atoms with van der Waals surface area (Å²) in [6, 6.07) is 10.5. The molecule has 1 unspecified atom stereocenters. The first kappa shape index (κ1) is 19.1. The second kappa shape index (κ2) is 8.81. The summed E-state index contributed by atoms with van der Waals surface area (Å²) in [5.74, 6) is 1.87. The van der Waals surface area contributed by atoms with E-state index in [1.54, 1.807) is 37.5 Å². The fourth-order valence-corrected chi connectivity index (χ4v) is 3.53. The van der Waals surface area contributed by atoms with E-state index in [2.05, 4.69) is 10.6 Å². The van der Waals surface area contributed by atoms with Gasteiger partial charge in [0.05, 0.1) is 12.9 Å². The molecule has 27 heavy (non-hydrogen) atoms. The molecule has 0 saturated heterocycles. The Bertz CT molecular complexity index is 828. The van der Waals surface area contributed by atoms with Gasteiger partial charge in [-0.3, -0.25) is 9.59 Å². The molecule has 142 valence electrons. The van der Waals surface area contributed by atoms with Crippen molar-refractivity contribution in [2.45, 2.75) is 26.3 Å². The Labute approximate surface area is 162 Å². The molecule has 1 aliphatic rings. The predicted molar refractivity (Wildman–Crippen MR) is 106 cm³/mol. The van der Waals surface area contributed by atoms with Crippen molar-refractivity contribution in [3.63, 3.8) is 0 Å². The molecule has 0 spiro atoms. The maximum Gasteiger partial charge on any atom is 0.265 e. The van der Waals surface area contributed by atoms with Gasteiger partial charge in [-0.15, -0.1) is 11.8 Å². The zero-order valence-electron chi connectivity index (χ0n) is 15.3. The van der Waals surface area contributed by atoms with E-state index in [-0.39, 0.29) is 17.9 Å². The van der Waals surface area contributed by atoms with E-state index in [0.29, 0.717) is 34.9 Å². The zero-order valence-corrected chi connectivity index (χ0v) is 16.1. The number of ether oxygens (including phenoxy) is 1. The third kappa shape index (κ3) is 5.17. The van der Waals surface area contributed by atoms with E-state index >= 15 is 0 Å². The van der Waals surface area contributed by atoms with Gasteiger partial charge in [0.15, 0.2) is 0 Å². The van der Waals surface area contributed by atoms with Gasteiger partial charge < -0.3 is 19.8 Å². The Hall–Kier alpha value is -2.67. The summed E-state index contributed by atoms with van der Waals surface area (Å²) < 4.78 is 10.7. The van der Waals surface area contributed by atoms with E-state index in [9.17, 15) is 9.59 Å². The molecule has 1 atom stereocenters. The van der Waals surface area contributed by atoms with Crippen LogP contribution in [0.5, 0.6) is 0 Å². The normalized spacial score (nSPS) is 15.0. The number of benzene rings is 1. The summed E-state index contributed by atoms with van der Waals surface area (Å²) in [6.07, 6.45) is 2.24. The molecular formula is C20H22N2O4S. The summed E-state index contributed by atoms with van der Waals surface area (Å²) in [4.78, 5) is 25.3. The highest BCUT2D eigenvalue weighted by Gasteiger charge is 2.19. The molecule has 2 heterocycles. The first-order valence-electron chi connectivity index (χ1n) is 8.74. The highest BCUT2D eigenvalue weighted by molar-refractivity contribution is 8.04. The van der Waals surface area contributed by atoms with Crippen LogP contribution >= 0.6 is 11.8 Å². The number of thioether (sulfide) groups is 1. The quantitative estimate of drug-likeness (QED) is 0.793. The van der Waals surface area contributed by atoms with Crippen molar-refractivity contribution in [2.75, 3.05) is 17.7 Å². The number of hydrogen-bond donors (Lipinski definition) is 2. The van der Waals surface area contributed by atoms with Crippen molar-refractivity contribution in [1.82, 2.24) is 5.32 Å². The van der Waals surface area contributed by atoms with Crippen LogP contribution in [0.1, 0.15) is 30.0 Å². The molecule has 1 aromatic carbocycles. The molecule has 0 radical (unpaired) electrons. The second-order valence-corrected chi connectivity index (χ2v) is 7.38. The van der Waals surface area contributed by atoms with Crippen molar-refractivity contribution < 1.29 is 18.7 Å². The number of carbonyl (C=O) groups excluding carboxylic acids is 2. The average molecular weight is 386 g/mol. The topological polar surface area (TPSA) is 80.6 Å². The van der Waals surface area contributed by atoms with Gasteiger partial charge in [-0.05, 0) is 50.2 Å². The lowest BCUT2D eigenvalue weighted by molar-refractivity contribution is -0.112. The molecule has 3 rings (SSSR count). The van der Waals surface area contributed by atoms with Crippen molar-refractivity contribution in [3.05, 3.63) is 64.6 Å². The van der Waals surface area contributed by atoms with Crippen molar-refractivity contribution in [3.8, 4) is 0 Å². The lowest BCUT2D eigenvalue weighted by Gasteiger charge is -2.18. The number of furan rings is 1. The van der Waals surface area contributed by atoms with Gasteiger partial charge in [0.1, 0.15) is 16.4 Å². The van der Waals surface area contributed by atoms with Crippen LogP contribution in [0.4, 0.5) is 5.69 Å². The maximum absolute atomic E-state index is 12.4. The van der Waals surface area contributed by atoms with Crippen LogP contribution in [0, 0.1) is 0 Å². The fourth-order valence-electron chi connectivity index (χ4n) is 2.71. The smallest absolute Gasteiger partial charge is 0.265 e. The van der Waals surface area contributed by atoms with Gasteiger partial charge in [-0.25, -0.2) is 0 Å². The molecular weight excluding hydrogens is 364 g/mol. The second-order valence-electron chi connectivity index (χ2n) is 6.27. The lowest BCUT2D eigenvalue weighted by Crippen LogP contribution is -2.33. The number of anilines is 1. The molecule has 1 aromatic heterocycles. The van der Waals surface area contributed by atoms with E-state index in [1.807, 2.05) is 19.1 Å². The summed E-state index contributed by atoms with van der Waals surface area (Å²) >= 11 is 1.49. The SMILES string of the molecule is CC1=C(C(=O)Nc2ccc(C(=O)NC(C)Cc3ccco3)cc2)SCCO1. The third-order valence-electron chi connectivity index (χ3n) is 4.04. The fraction of sp³-hybridized carbons (Fsp3) is 0.300. The molecule has 0 bridgehead atoms. The largest absolute Gasteiger partial charge is 0.496 e. The van der Waals surface area contributed by atoms with E-state index in [4.69, 9.17) is 9.15 Å². The number of allylic oxidation sites excluding steroid dienone is 1. The molecule has 0 saturated carbocycles. The van der Waals surface area contributed by atoms with E-state index < -0.39 is 0 Å². The number of rotatable bonds is 6. The molecule has 0 aliphatic carbocycles. The standard InChI is InChI=1S/C20H22N2O4S/c1-13(12-17-4-3-9-26-17)21-19(23)15-5-7-16(8-6-15)22-20(24)18-14(2)25-10-11-27-18/h3-9,13H,10-12H2,1-2H3,(H,21,23)(H,22,24). The summed E-state index contributed by atoms with van der Waals surface area (Å²) in [7, 11) is 0.